The molecule has 8 heteroatoms. The lowest BCUT2D eigenvalue weighted by Crippen LogP contribution is -2.48. The van der Waals surface area contributed by atoms with E-state index in [4.69, 9.17) is 0 Å². The summed E-state index contributed by atoms with van der Waals surface area (Å²) in [7, 11) is 0. The molecule has 0 aliphatic heterocycles. The second-order valence-electron chi connectivity index (χ2n) is 8.80. The highest BCUT2D eigenvalue weighted by Gasteiger charge is 2.47. The number of H-pyrrole nitrogens is 1. The first-order chi connectivity index (χ1) is 15.4. The Morgan fingerprint density at radius 3 is 2.69 bits per heavy atom. The van der Waals surface area contributed by atoms with Gasteiger partial charge in [0.1, 0.15) is 12.0 Å². The first-order valence-corrected chi connectivity index (χ1v) is 10.8. The van der Waals surface area contributed by atoms with E-state index in [2.05, 4.69) is 25.6 Å². The Bertz CT molecular complexity index is 1290. The van der Waals surface area contributed by atoms with Gasteiger partial charge < -0.3 is 5.32 Å². The van der Waals surface area contributed by atoms with E-state index >= 15 is 0 Å². The van der Waals surface area contributed by atoms with Crippen LogP contribution >= 0.6 is 0 Å². The highest BCUT2D eigenvalue weighted by molar-refractivity contribution is 5.83. The Morgan fingerprint density at radius 2 is 2.03 bits per heavy atom. The topological polar surface area (TPSA) is 88.5 Å². The number of anilines is 1. The number of halogens is 1. The number of fused-ring (bicyclic) bond motifs is 1. The van der Waals surface area contributed by atoms with Crippen LogP contribution in [0.3, 0.4) is 0 Å². The average Bonchev–Trinajstić information content (AvgIpc) is 3.13. The second-order valence-corrected chi connectivity index (χ2v) is 8.80. The summed E-state index contributed by atoms with van der Waals surface area (Å²) < 4.78 is 15.4. The van der Waals surface area contributed by atoms with E-state index in [-0.39, 0.29) is 17.0 Å². The molecule has 1 aliphatic rings. The Labute approximate surface area is 184 Å². The van der Waals surface area contributed by atoms with E-state index in [1.165, 1.54) is 0 Å². The van der Waals surface area contributed by atoms with Crippen LogP contribution in [0.5, 0.6) is 0 Å². The SMILES string of the molecule is CC(C)n1[nH]c2ccc(-c3ccc(NCC4(c5ccccn5)CC(F)C4)nn3)cc2c1=O. The molecular formula is C24H25FN6O. The number of benzene rings is 1. The van der Waals surface area contributed by atoms with E-state index in [1.807, 2.05) is 62.4 Å². The van der Waals surface area contributed by atoms with E-state index in [0.29, 0.717) is 36.3 Å². The number of alkyl halides is 1. The molecule has 0 saturated heterocycles. The number of aromatic nitrogens is 5. The molecule has 1 saturated carbocycles. The summed E-state index contributed by atoms with van der Waals surface area (Å²) in [6.07, 6.45) is 1.85. The molecule has 0 amide bonds. The zero-order valence-electron chi connectivity index (χ0n) is 18.0. The van der Waals surface area contributed by atoms with Gasteiger partial charge in [-0.1, -0.05) is 12.1 Å². The molecular weight excluding hydrogens is 407 g/mol. The van der Waals surface area contributed by atoms with Crippen LogP contribution in [0.2, 0.25) is 0 Å². The van der Waals surface area contributed by atoms with Crippen LogP contribution in [-0.2, 0) is 5.41 Å². The largest absolute Gasteiger partial charge is 0.368 e. The van der Waals surface area contributed by atoms with Crippen LogP contribution in [0.4, 0.5) is 10.2 Å². The van der Waals surface area contributed by atoms with Crippen molar-refractivity contribution in [2.75, 3.05) is 11.9 Å². The molecule has 0 atom stereocenters. The molecule has 0 spiro atoms. The van der Waals surface area contributed by atoms with Crippen molar-refractivity contribution in [2.45, 2.75) is 44.3 Å². The number of nitrogens with one attached hydrogen (secondary N) is 2. The van der Waals surface area contributed by atoms with Crippen LogP contribution in [0, 0.1) is 0 Å². The zero-order valence-corrected chi connectivity index (χ0v) is 18.0. The summed E-state index contributed by atoms with van der Waals surface area (Å²) in [6, 6.07) is 15.2. The van der Waals surface area contributed by atoms with Gasteiger partial charge in [-0.25, -0.2) is 9.07 Å². The molecule has 2 N–H and O–H groups in total. The van der Waals surface area contributed by atoms with Gasteiger partial charge in [-0.15, -0.1) is 10.2 Å². The molecule has 3 heterocycles. The van der Waals surface area contributed by atoms with Gasteiger partial charge in [-0.3, -0.25) is 14.9 Å². The lowest BCUT2D eigenvalue weighted by molar-refractivity contribution is 0.0996. The first kappa shape index (κ1) is 20.4. The fraction of sp³-hybridized carbons (Fsp3) is 0.333. The minimum Gasteiger partial charge on any atom is -0.368 e. The molecule has 3 aromatic heterocycles. The van der Waals surface area contributed by atoms with E-state index in [1.54, 1.807) is 10.9 Å². The standard InChI is InChI=1S/C24H25FN6O/c1-15(2)31-23(32)18-11-16(6-7-20(18)30-31)19-8-9-22(29-28-19)27-14-24(12-17(25)13-24)21-5-3-4-10-26-21/h3-11,15,17,30H,12-14H2,1-2H3,(H,27,29). The van der Waals surface area contributed by atoms with Crippen LogP contribution in [0.25, 0.3) is 22.2 Å². The van der Waals surface area contributed by atoms with E-state index < -0.39 is 6.17 Å². The number of nitrogens with zero attached hydrogens (tertiary/aromatic N) is 4. The lowest BCUT2D eigenvalue weighted by atomic mass is 9.65. The smallest absolute Gasteiger partial charge is 0.274 e. The Balaban J connectivity index is 1.34. The third-order valence-electron chi connectivity index (χ3n) is 6.23. The van der Waals surface area contributed by atoms with Gasteiger partial charge in [0, 0.05) is 35.5 Å². The minimum absolute atomic E-state index is 0.0467. The van der Waals surface area contributed by atoms with Crippen molar-refractivity contribution in [2.24, 2.45) is 0 Å². The Kier molecular flexibility index (Phi) is 5.00. The average molecular weight is 433 g/mol. The Morgan fingerprint density at radius 1 is 1.19 bits per heavy atom. The molecule has 7 nitrogen and oxygen atoms in total. The van der Waals surface area contributed by atoms with Gasteiger partial charge in [0.25, 0.3) is 5.56 Å². The maximum atomic E-state index is 13.7. The quantitative estimate of drug-likeness (QED) is 0.476. The minimum atomic E-state index is -0.795. The molecule has 164 valence electrons. The fourth-order valence-corrected chi connectivity index (χ4v) is 4.40. The van der Waals surface area contributed by atoms with Crippen molar-refractivity contribution in [1.82, 2.24) is 25.0 Å². The summed E-state index contributed by atoms with van der Waals surface area (Å²) in [5, 5.41) is 15.7. The number of aromatic amines is 1. The molecule has 32 heavy (non-hydrogen) atoms. The van der Waals surface area contributed by atoms with Crippen LogP contribution in [0.1, 0.15) is 38.4 Å². The second kappa shape index (κ2) is 7.85. The highest BCUT2D eigenvalue weighted by atomic mass is 19.1. The zero-order chi connectivity index (χ0) is 22.3. The van der Waals surface area contributed by atoms with Gasteiger partial charge in [0.2, 0.25) is 0 Å². The van der Waals surface area contributed by atoms with Gasteiger partial charge >= 0.3 is 0 Å². The lowest BCUT2D eigenvalue weighted by Gasteiger charge is -2.43. The van der Waals surface area contributed by atoms with Crippen LogP contribution in [0.15, 0.2) is 59.5 Å². The number of rotatable bonds is 6. The highest BCUT2D eigenvalue weighted by Crippen LogP contribution is 2.44. The molecule has 1 aromatic carbocycles. The van der Waals surface area contributed by atoms with Gasteiger partial charge in [-0.05, 0) is 63.1 Å². The Hall–Kier alpha value is -3.55. The molecule has 0 radical (unpaired) electrons. The third kappa shape index (κ3) is 3.55. The van der Waals surface area contributed by atoms with Crippen molar-refractivity contribution >= 4 is 16.7 Å². The number of hydrogen-bond donors (Lipinski definition) is 2. The molecule has 1 aliphatic carbocycles. The molecule has 1 fully saturated rings. The fourth-order valence-electron chi connectivity index (χ4n) is 4.40. The summed E-state index contributed by atoms with van der Waals surface area (Å²) in [6.45, 7) is 4.47. The molecule has 4 aromatic rings. The number of pyridine rings is 1. The van der Waals surface area contributed by atoms with Gasteiger partial charge in [-0.2, -0.15) is 0 Å². The summed E-state index contributed by atoms with van der Waals surface area (Å²) in [4.78, 5) is 17.1. The predicted molar refractivity (Wildman–Crippen MR) is 123 cm³/mol. The summed E-state index contributed by atoms with van der Waals surface area (Å²) in [5.74, 6) is 0.622. The first-order valence-electron chi connectivity index (χ1n) is 10.8. The van der Waals surface area contributed by atoms with Crippen molar-refractivity contribution in [3.05, 3.63) is 70.8 Å². The van der Waals surface area contributed by atoms with Crippen molar-refractivity contribution in [3.63, 3.8) is 0 Å². The molecule has 0 unspecified atom stereocenters. The molecule has 0 bridgehead atoms. The van der Waals surface area contributed by atoms with Crippen molar-refractivity contribution < 1.29 is 4.39 Å². The van der Waals surface area contributed by atoms with Gasteiger partial charge in [0.05, 0.1) is 16.6 Å². The van der Waals surface area contributed by atoms with Crippen molar-refractivity contribution in [3.8, 4) is 11.3 Å². The normalized spacial score (nSPS) is 20.4. The van der Waals surface area contributed by atoms with E-state index in [9.17, 15) is 9.18 Å². The van der Waals surface area contributed by atoms with Crippen LogP contribution in [-0.4, -0.2) is 37.7 Å². The van der Waals surface area contributed by atoms with Gasteiger partial charge in [0.15, 0.2) is 0 Å². The summed E-state index contributed by atoms with van der Waals surface area (Å²) >= 11 is 0. The van der Waals surface area contributed by atoms with Crippen LogP contribution < -0.4 is 10.9 Å². The van der Waals surface area contributed by atoms with E-state index in [0.717, 1.165) is 16.8 Å². The maximum absolute atomic E-state index is 13.7. The summed E-state index contributed by atoms with van der Waals surface area (Å²) in [5.41, 5.74) is 2.84. The monoisotopic (exact) mass is 432 g/mol. The maximum Gasteiger partial charge on any atom is 0.274 e. The molecule has 5 rings (SSSR count). The van der Waals surface area contributed by atoms with Crippen molar-refractivity contribution in [1.29, 1.82) is 0 Å². The number of hydrogen-bond acceptors (Lipinski definition) is 5. The third-order valence-corrected chi connectivity index (χ3v) is 6.23. The predicted octanol–water partition coefficient (Wildman–Crippen LogP) is 4.24.